The van der Waals surface area contributed by atoms with Crippen molar-refractivity contribution in [2.75, 3.05) is 0 Å². The molecule has 2 rings (SSSR count). The highest BCUT2D eigenvalue weighted by atomic mass is 16.3. The predicted molar refractivity (Wildman–Crippen MR) is 55.9 cm³/mol. The van der Waals surface area contributed by atoms with E-state index in [1.165, 1.54) is 0 Å². The molecule has 0 fully saturated rings. The van der Waals surface area contributed by atoms with Crippen LogP contribution in [0.1, 0.15) is 30.0 Å². The van der Waals surface area contributed by atoms with Crippen LogP contribution in [-0.2, 0) is 18.5 Å². The summed E-state index contributed by atoms with van der Waals surface area (Å²) in [5.74, 6) is 0.299. The van der Waals surface area contributed by atoms with Gasteiger partial charge in [0.15, 0.2) is 0 Å². The van der Waals surface area contributed by atoms with Gasteiger partial charge in [0.25, 0.3) is 0 Å². The Morgan fingerprint density at radius 3 is 2.86 bits per heavy atom. The number of aromatic hydroxyl groups is 1. The first-order chi connectivity index (χ1) is 6.56. The molecule has 1 unspecified atom stereocenters. The molecule has 1 atom stereocenters. The number of nitrogens with two attached hydrogens (primary N) is 2. The number of aryl methyl sites for hydroxylation is 1. The monoisotopic (exact) mass is 192 g/mol. The average molecular weight is 192 g/mol. The van der Waals surface area contributed by atoms with Gasteiger partial charge in [-0.15, -0.1) is 0 Å². The molecule has 0 radical (unpaired) electrons. The van der Waals surface area contributed by atoms with Gasteiger partial charge >= 0.3 is 0 Å². The maximum absolute atomic E-state index is 9.99. The van der Waals surface area contributed by atoms with Gasteiger partial charge in [-0.2, -0.15) is 0 Å². The summed E-state index contributed by atoms with van der Waals surface area (Å²) in [4.78, 5) is 0. The van der Waals surface area contributed by atoms with Crippen molar-refractivity contribution in [3.63, 3.8) is 0 Å². The van der Waals surface area contributed by atoms with Crippen LogP contribution in [0.25, 0.3) is 0 Å². The van der Waals surface area contributed by atoms with Gasteiger partial charge in [0, 0.05) is 23.2 Å². The Morgan fingerprint density at radius 1 is 1.50 bits per heavy atom. The van der Waals surface area contributed by atoms with E-state index in [1.54, 1.807) is 0 Å². The van der Waals surface area contributed by atoms with Crippen LogP contribution in [0.3, 0.4) is 0 Å². The minimum atomic E-state index is -0.398. The van der Waals surface area contributed by atoms with Crippen LogP contribution >= 0.6 is 0 Å². The highest BCUT2D eigenvalue weighted by molar-refractivity contribution is 5.51. The van der Waals surface area contributed by atoms with Crippen molar-refractivity contribution in [2.45, 2.75) is 31.8 Å². The van der Waals surface area contributed by atoms with E-state index in [-0.39, 0.29) is 0 Å². The maximum Gasteiger partial charge on any atom is 0.125 e. The molecule has 5 N–H and O–H groups in total. The molecule has 1 aliphatic carbocycles. The first-order valence-electron chi connectivity index (χ1n) is 4.89. The van der Waals surface area contributed by atoms with E-state index in [2.05, 4.69) is 0 Å². The minimum Gasteiger partial charge on any atom is -0.507 e. The lowest BCUT2D eigenvalue weighted by atomic mass is 9.93. The lowest BCUT2D eigenvalue weighted by Gasteiger charge is -2.21. The number of phenols is 1. The largest absolute Gasteiger partial charge is 0.507 e. The van der Waals surface area contributed by atoms with Gasteiger partial charge in [-0.1, -0.05) is 12.1 Å². The molecular weight excluding hydrogens is 176 g/mol. The first kappa shape index (κ1) is 9.49. The summed E-state index contributed by atoms with van der Waals surface area (Å²) in [7, 11) is 0. The van der Waals surface area contributed by atoms with Gasteiger partial charge in [0.2, 0.25) is 0 Å². The Balaban J connectivity index is 2.62. The average Bonchev–Trinajstić information content (AvgIpc) is 2.43. The van der Waals surface area contributed by atoms with E-state index < -0.39 is 5.54 Å². The molecule has 0 bridgehead atoms. The summed E-state index contributed by atoms with van der Waals surface area (Å²) in [5, 5.41) is 9.99. The van der Waals surface area contributed by atoms with Crippen molar-refractivity contribution in [3.05, 3.63) is 28.8 Å². The zero-order valence-corrected chi connectivity index (χ0v) is 8.38. The van der Waals surface area contributed by atoms with Crippen molar-refractivity contribution in [2.24, 2.45) is 11.5 Å². The smallest absolute Gasteiger partial charge is 0.125 e. The summed E-state index contributed by atoms with van der Waals surface area (Å²) in [6.45, 7) is 2.31. The van der Waals surface area contributed by atoms with Gasteiger partial charge in [0.05, 0.1) is 0 Å². The predicted octanol–water partition coefficient (Wildman–Crippen LogP) is 0.971. The van der Waals surface area contributed by atoms with E-state index in [1.807, 2.05) is 19.1 Å². The zero-order chi connectivity index (χ0) is 10.3. The number of phenolic OH excluding ortho intramolecular Hbond substituents is 1. The van der Waals surface area contributed by atoms with E-state index in [0.717, 1.165) is 29.5 Å². The van der Waals surface area contributed by atoms with Crippen molar-refractivity contribution < 1.29 is 5.11 Å². The summed E-state index contributed by atoms with van der Waals surface area (Å²) in [6.07, 6.45) is 1.84. The number of fused-ring (bicyclic) bond motifs is 1. The molecule has 1 aromatic carbocycles. The molecule has 0 aliphatic heterocycles. The van der Waals surface area contributed by atoms with Crippen molar-refractivity contribution >= 4 is 0 Å². The van der Waals surface area contributed by atoms with Gasteiger partial charge in [0.1, 0.15) is 5.75 Å². The van der Waals surface area contributed by atoms with Crippen LogP contribution in [0.15, 0.2) is 12.1 Å². The minimum absolute atomic E-state index is 0.299. The second-order valence-electron chi connectivity index (χ2n) is 4.23. The third kappa shape index (κ3) is 1.21. The van der Waals surface area contributed by atoms with Gasteiger partial charge in [-0.05, 0) is 25.3 Å². The topological polar surface area (TPSA) is 72.3 Å². The quantitative estimate of drug-likeness (QED) is 0.621. The lowest BCUT2D eigenvalue weighted by molar-refractivity contribution is 0.424. The first-order valence-corrected chi connectivity index (χ1v) is 4.89. The van der Waals surface area contributed by atoms with E-state index >= 15 is 0 Å². The van der Waals surface area contributed by atoms with Crippen LogP contribution in [0, 0.1) is 0 Å². The third-order valence-electron chi connectivity index (χ3n) is 3.05. The van der Waals surface area contributed by atoms with Crippen LogP contribution in [0.2, 0.25) is 0 Å². The van der Waals surface area contributed by atoms with Crippen LogP contribution in [-0.4, -0.2) is 5.11 Å². The van der Waals surface area contributed by atoms with Gasteiger partial charge < -0.3 is 16.6 Å². The highest BCUT2D eigenvalue weighted by Crippen LogP contribution is 2.41. The molecule has 0 saturated heterocycles. The normalized spacial score (nSPS) is 25.1. The molecule has 3 nitrogen and oxygen atoms in total. The van der Waals surface area contributed by atoms with Gasteiger partial charge in [-0.25, -0.2) is 0 Å². The van der Waals surface area contributed by atoms with Gasteiger partial charge in [-0.3, -0.25) is 0 Å². The van der Waals surface area contributed by atoms with E-state index in [9.17, 15) is 5.11 Å². The Bertz CT molecular complexity index is 372. The summed E-state index contributed by atoms with van der Waals surface area (Å²) >= 11 is 0. The van der Waals surface area contributed by atoms with Crippen LogP contribution < -0.4 is 11.5 Å². The molecule has 1 aliphatic rings. The summed E-state index contributed by atoms with van der Waals surface area (Å²) in [5.41, 5.74) is 14.1. The van der Waals surface area contributed by atoms with Crippen LogP contribution in [0.4, 0.5) is 0 Å². The van der Waals surface area contributed by atoms with Crippen molar-refractivity contribution in [1.29, 1.82) is 0 Å². The molecule has 76 valence electrons. The Kier molecular flexibility index (Phi) is 2.01. The second kappa shape index (κ2) is 2.97. The molecule has 1 aromatic rings. The second-order valence-corrected chi connectivity index (χ2v) is 4.23. The van der Waals surface area contributed by atoms with Crippen molar-refractivity contribution in [1.82, 2.24) is 0 Å². The van der Waals surface area contributed by atoms with E-state index in [0.29, 0.717) is 12.3 Å². The number of hydrogen-bond donors (Lipinski definition) is 3. The zero-order valence-electron chi connectivity index (χ0n) is 8.38. The molecule has 0 amide bonds. The fourth-order valence-electron chi connectivity index (χ4n) is 2.21. The van der Waals surface area contributed by atoms with Crippen molar-refractivity contribution in [3.8, 4) is 5.75 Å². The molecule has 14 heavy (non-hydrogen) atoms. The SMILES string of the molecule is CC1(N)CCc2ccc(CN)c(O)c21. The standard InChI is InChI=1S/C11H16N2O/c1-11(13)5-4-7-2-3-8(6-12)10(14)9(7)11/h2-3,14H,4-6,12-13H2,1H3. The molecule has 0 heterocycles. The fraction of sp³-hybridized carbons (Fsp3) is 0.455. The number of rotatable bonds is 1. The molecular formula is C11H16N2O. The lowest BCUT2D eigenvalue weighted by Crippen LogP contribution is -2.30. The summed E-state index contributed by atoms with van der Waals surface area (Å²) < 4.78 is 0. The number of hydrogen-bond acceptors (Lipinski definition) is 3. The maximum atomic E-state index is 9.99. The molecule has 3 heteroatoms. The highest BCUT2D eigenvalue weighted by Gasteiger charge is 2.33. The number of benzene rings is 1. The third-order valence-corrected chi connectivity index (χ3v) is 3.05. The Labute approximate surface area is 83.7 Å². The molecule has 0 saturated carbocycles. The summed E-state index contributed by atoms with van der Waals surface area (Å²) in [6, 6.07) is 3.91. The van der Waals surface area contributed by atoms with E-state index in [4.69, 9.17) is 11.5 Å². The molecule has 0 aromatic heterocycles. The van der Waals surface area contributed by atoms with Crippen LogP contribution in [0.5, 0.6) is 5.75 Å². The fourth-order valence-corrected chi connectivity index (χ4v) is 2.21. The Morgan fingerprint density at radius 2 is 2.21 bits per heavy atom. The molecule has 0 spiro atoms. The Hall–Kier alpha value is -1.06.